The third-order valence-corrected chi connectivity index (χ3v) is 5.90. The minimum atomic E-state index is -0.931. The molecule has 2 aromatic carbocycles. The summed E-state index contributed by atoms with van der Waals surface area (Å²) in [7, 11) is 1.83. The molecule has 34 heavy (non-hydrogen) atoms. The van der Waals surface area contributed by atoms with E-state index >= 15 is 0 Å². The van der Waals surface area contributed by atoms with E-state index in [2.05, 4.69) is 6.07 Å². The Balaban J connectivity index is 1.66. The van der Waals surface area contributed by atoms with Crippen molar-refractivity contribution in [1.82, 2.24) is 4.57 Å². The predicted octanol–water partition coefficient (Wildman–Crippen LogP) is 5.41. The van der Waals surface area contributed by atoms with Gasteiger partial charge in [-0.05, 0) is 61.1 Å². The van der Waals surface area contributed by atoms with Crippen molar-refractivity contribution in [3.63, 3.8) is 0 Å². The summed E-state index contributed by atoms with van der Waals surface area (Å²) < 4.78 is 21.5. The highest BCUT2D eigenvalue weighted by molar-refractivity contribution is 6.09. The van der Waals surface area contributed by atoms with Gasteiger partial charge in [0.1, 0.15) is 5.82 Å². The van der Waals surface area contributed by atoms with Crippen molar-refractivity contribution < 1.29 is 23.8 Å². The van der Waals surface area contributed by atoms with E-state index in [1.165, 1.54) is 12.1 Å². The number of carbonyl (C=O) groups excluding carboxylic acids is 1. The number of ether oxygens (including phenoxy) is 1. The van der Waals surface area contributed by atoms with Crippen molar-refractivity contribution in [1.29, 1.82) is 5.26 Å². The molecule has 1 atom stereocenters. The molecule has 178 valence electrons. The Hall–Kier alpha value is -3.50. The van der Waals surface area contributed by atoms with E-state index in [9.17, 15) is 14.0 Å². The second kappa shape index (κ2) is 11.6. The Morgan fingerprint density at radius 3 is 2.71 bits per heavy atom. The van der Waals surface area contributed by atoms with E-state index in [0.29, 0.717) is 41.7 Å². The van der Waals surface area contributed by atoms with Gasteiger partial charge in [-0.15, -0.1) is 0 Å². The standard InChI is InChI=1S/C27H29FN2O4/c1-18(13-26(32)33)12-25(31)27-22-10-9-21(28)15-24(22)30(2)23(27)8-3-4-11-34-17-20-7-5-6-19(14-20)16-29/h5-7,9-10,14-15,18H,3-4,8,11-13,17H2,1-2H3,(H,32,33)/t18-/m0/s1. The maximum Gasteiger partial charge on any atom is 0.303 e. The lowest BCUT2D eigenvalue weighted by atomic mass is 9.94. The topological polar surface area (TPSA) is 92.3 Å². The Kier molecular flexibility index (Phi) is 8.55. The number of halogens is 1. The highest BCUT2D eigenvalue weighted by atomic mass is 19.1. The smallest absolute Gasteiger partial charge is 0.303 e. The summed E-state index contributed by atoms with van der Waals surface area (Å²) in [5.41, 5.74) is 3.58. The van der Waals surface area contributed by atoms with E-state index in [1.807, 2.05) is 23.7 Å². The molecule has 0 unspecified atom stereocenters. The molecule has 1 N–H and O–H groups in total. The van der Waals surface area contributed by atoms with Crippen LogP contribution in [0.1, 0.15) is 59.8 Å². The molecule has 0 saturated heterocycles. The zero-order valence-corrected chi connectivity index (χ0v) is 19.5. The first kappa shape index (κ1) is 25.1. The van der Waals surface area contributed by atoms with Crippen LogP contribution in [0.4, 0.5) is 4.39 Å². The van der Waals surface area contributed by atoms with Crippen LogP contribution in [-0.4, -0.2) is 28.0 Å². The normalized spacial score (nSPS) is 11.9. The second-order valence-electron chi connectivity index (χ2n) is 8.69. The molecule has 0 amide bonds. The van der Waals surface area contributed by atoms with Gasteiger partial charge < -0.3 is 14.4 Å². The van der Waals surface area contributed by atoms with E-state index in [4.69, 9.17) is 15.1 Å². The van der Waals surface area contributed by atoms with Crippen LogP contribution < -0.4 is 0 Å². The molecule has 0 spiro atoms. The van der Waals surface area contributed by atoms with Gasteiger partial charge in [-0.3, -0.25) is 9.59 Å². The van der Waals surface area contributed by atoms with Crippen LogP contribution in [0.15, 0.2) is 42.5 Å². The number of rotatable bonds is 12. The van der Waals surface area contributed by atoms with Crippen molar-refractivity contribution in [2.24, 2.45) is 13.0 Å². The van der Waals surface area contributed by atoms with Crippen molar-refractivity contribution >= 4 is 22.7 Å². The molecule has 3 rings (SSSR count). The largest absolute Gasteiger partial charge is 0.481 e. The van der Waals surface area contributed by atoms with Crippen LogP contribution in [0, 0.1) is 23.1 Å². The monoisotopic (exact) mass is 464 g/mol. The molecule has 7 heteroatoms. The first-order valence-electron chi connectivity index (χ1n) is 11.4. The van der Waals surface area contributed by atoms with Crippen LogP contribution in [0.3, 0.4) is 0 Å². The van der Waals surface area contributed by atoms with Gasteiger partial charge >= 0.3 is 5.97 Å². The zero-order chi connectivity index (χ0) is 24.7. The molecule has 0 fully saturated rings. The zero-order valence-electron chi connectivity index (χ0n) is 19.5. The number of fused-ring (bicyclic) bond motifs is 1. The maximum absolute atomic E-state index is 13.9. The van der Waals surface area contributed by atoms with Crippen LogP contribution in [0.25, 0.3) is 10.9 Å². The number of aromatic nitrogens is 1. The Bertz CT molecular complexity index is 1230. The van der Waals surface area contributed by atoms with E-state index in [-0.39, 0.29) is 30.4 Å². The van der Waals surface area contributed by atoms with Crippen LogP contribution >= 0.6 is 0 Å². The number of ketones is 1. The number of hydrogen-bond acceptors (Lipinski definition) is 4. The fourth-order valence-electron chi connectivity index (χ4n) is 4.27. The van der Waals surface area contributed by atoms with Crippen molar-refractivity contribution in [2.75, 3.05) is 6.61 Å². The Morgan fingerprint density at radius 2 is 1.97 bits per heavy atom. The first-order valence-corrected chi connectivity index (χ1v) is 11.4. The molecule has 0 aliphatic rings. The first-order chi connectivity index (χ1) is 16.3. The van der Waals surface area contributed by atoms with Gasteiger partial charge in [-0.2, -0.15) is 5.26 Å². The number of aliphatic carboxylic acids is 1. The lowest BCUT2D eigenvalue weighted by molar-refractivity contribution is -0.137. The van der Waals surface area contributed by atoms with Gasteiger partial charge in [-0.1, -0.05) is 19.1 Å². The van der Waals surface area contributed by atoms with E-state index in [0.717, 1.165) is 24.1 Å². The third-order valence-electron chi connectivity index (χ3n) is 5.90. The quantitative estimate of drug-likeness (QED) is 0.286. The molecule has 0 aliphatic heterocycles. The number of Topliss-reactive ketones (excluding diaryl/α,β-unsaturated/α-hetero) is 1. The summed E-state index contributed by atoms with van der Waals surface area (Å²) in [6.45, 7) is 2.71. The molecule has 3 aromatic rings. The van der Waals surface area contributed by atoms with Gasteiger partial charge in [0, 0.05) is 43.1 Å². The second-order valence-corrected chi connectivity index (χ2v) is 8.69. The van der Waals surface area contributed by atoms with Crippen molar-refractivity contribution in [3.05, 3.63) is 70.7 Å². The summed E-state index contributed by atoms with van der Waals surface area (Å²) in [6.07, 6.45) is 2.22. The number of carboxylic acids is 1. The maximum atomic E-state index is 13.9. The molecule has 0 radical (unpaired) electrons. The highest BCUT2D eigenvalue weighted by Crippen LogP contribution is 2.30. The van der Waals surface area contributed by atoms with Crippen LogP contribution in [-0.2, 0) is 29.6 Å². The van der Waals surface area contributed by atoms with Gasteiger partial charge in [0.2, 0.25) is 0 Å². The Morgan fingerprint density at radius 1 is 1.18 bits per heavy atom. The van der Waals surface area contributed by atoms with Crippen LogP contribution in [0.5, 0.6) is 0 Å². The molecule has 0 bridgehead atoms. The van der Waals surface area contributed by atoms with Gasteiger partial charge in [-0.25, -0.2) is 4.39 Å². The molecule has 1 heterocycles. The molecular formula is C27H29FN2O4. The molecule has 6 nitrogen and oxygen atoms in total. The average Bonchev–Trinajstić information content (AvgIpc) is 3.06. The minimum absolute atomic E-state index is 0.0743. The Labute approximate surface area is 198 Å². The minimum Gasteiger partial charge on any atom is -0.481 e. The van der Waals surface area contributed by atoms with Crippen LogP contribution in [0.2, 0.25) is 0 Å². The van der Waals surface area contributed by atoms with Gasteiger partial charge in [0.05, 0.1) is 23.8 Å². The fraction of sp³-hybridized carbons (Fsp3) is 0.370. The summed E-state index contributed by atoms with van der Waals surface area (Å²) in [5, 5.41) is 18.7. The summed E-state index contributed by atoms with van der Waals surface area (Å²) in [6, 6.07) is 13.8. The van der Waals surface area contributed by atoms with E-state index < -0.39 is 5.97 Å². The van der Waals surface area contributed by atoms with Crippen molar-refractivity contribution in [3.8, 4) is 6.07 Å². The van der Waals surface area contributed by atoms with Crippen molar-refractivity contribution in [2.45, 2.75) is 45.6 Å². The highest BCUT2D eigenvalue weighted by Gasteiger charge is 2.23. The molecule has 0 aliphatic carbocycles. The fourth-order valence-corrected chi connectivity index (χ4v) is 4.27. The number of nitrogens with zero attached hydrogens (tertiary/aromatic N) is 2. The third kappa shape index (κ3) is 6.30. The molecular weight excluding hydrogens is 435 g/mol. The number of benzene rings is 2. The number of hydrogen-bond donors (Lipinski definition) is 1. The molecule has 1 aromatic heterocycles. The average molecular weight is 465 g/mol. The summed E-state index contributed by atoms with van der Waals surface area (Å²) in [5.74, 6) is -1.71. The molecule has 0 saturated carbocycles. The number of unbranched alkanes of at least 4 members (excludes halogenated alkanes) is 1. The lowest BCUT2D eigenvalue weighted by Crippen LogP contribution is -2.12. The lowest BCUT2D eigenvalue weighted by Gasteiger charge is -2.11. The predicted molar refractivity (Wildman–Crippen MR) is 127 cm³/mol. The van der Waals surface area contributed by atoms with Gasteiger partial charge in [0.15, 0.2) is 5.78 Å². The van der Waals surface area contributed by atoms with E-state index in [1.54, 1.807) is 25.1 Å². The summed E-state index contributed by atoms with van der Waals surface area (Å²) in [4.78, 5) is 24.2. The number of nitriles is 1. The SMILES string of the molecule is C[C@H](CC(=O)O)CC(=O)c1c(CCCCOCc2cccc(C#N)c2)n(C)c2cc(F)ccc12. The number of aryl methyl sites for hydroxylation is 1. The number of carboxylic acid groups (broad SMARTS) is 1. The number of carbonyl (C=O) groups is 2. The summed E-state index contributed by atoms with van der Waals surface area (Å²) >= 11 is 0. The van der Waals surface area contributed by atoms with Gasteiger partial charge in [0.25, 0.3) is 0 Å².